The summed E-state index contributed by atoms with van der Waals surface area (Å²) in [4.78, 5) is 3.97. The molecule has 0 amide bonds. The van der Waals surface area contributed by atoms with E-state index >= 15 is 0 Å². The summed E-state index contributed by atoms with van der Waals surface area (Å²) in [7, 11) is 1.65. The SMILES string of the molecule is COc1ccc(C(N)c2ccncc2)cc1.Cl.Cl. The van der Waals surface area contributed by atoms with Crippen molar-refractivity contribution >= 4 is 24.8 Å². The molecular weight excluding hydrogens is 271 g/mol. The van der Waals surface area contributed by atoms with Crippen molar-refractivity contribution in [2.75, 3.05) is 7.11 Å². The number of rotatable bonds is 3. The van der Waals surface area contributed by atoms with E-state index in [2.05, 4.69) is 4.98 Å². The van der Waals surface area contributed by atoms with E-state index < -0.39 is 0 Å². The van der Waals surface area contributed by atoms with E-state index in [9.17, 15) is 0 Å². The van der Waals surface area contributed by atoms with Crippen LogP contribution in [0.15, 0.2) is 48.8 Å². The average Bonchev–Trinajstić information content (AvgIpc) is 2.39. The molecule has 1 aromatic carbocycles. The zero-order valence-corrected chi connectivity index (χ0v) is 11.6. The molecule has 0 radical (unpaired) electrons. The Morgan fingerprint density at radius 2 is 1.44 bits per heavy atom. The highest BCUT2D eigenvalue weighted by Crippen LogP contribution is 2.21. The Morgan fingerprint density at radius 1 is 0.944 bits per heavy atom. The lowest BCUT2D eigenvalue weighted by atomic mass is 10.0. The van der Waals surface area contributed by atoms with Crippen LogP contribution in [0.3, 0.4) is 0 Å². The fourth-order valence-electron chi connectivity index (χ4n) is 1.57. The molecule has 0 aliphatic rings. The predicted molar refractivity (Wildman–Crippen MR) is 77.8 cm³/mol. The lowest BCUT2D eigenvalue weighted by Crippen LogP contribution is -2.11. The first-order valence-corrected chi connectivity index (χ1v) is 5.10. The van der Waals surface area contributed by atoms with Crippen LogP contribution in [0.25, 0.3) is 0 Å². The summed E-state index contributed by atoms with van der Waals surface area (Å²) in [6.07, 6.45) is 3.50. The van der Waals surface area contributed by atoms with Gasteiger partial charge in [-0.3, -0.25) is 4.98 Å². The number of pyridine rings is 1. The molecule has 3 nitrogen and oxygen atoms in total. The van der Waals surface area contributed by atoms with Gasteiger partial charge in [-0.15, -0.1) is 24.8 Å². The normalized spacial score (nSPS) is 10.8. The number of halogens is 2. The second-order valence-corrected chi connectivity index (χ2v) is 3.53. The molecule has 2 N–H and O–H groups in total. The minimum absolute atomic E-state index is 0. The van der Waals surface area contributed by atoms with Crippen LogP contribution in [0.2, 0.25) is 0 Å². The fraction of sp³-hybridized carbons (Fsp3) is 0.154. The lowest BCUT2D eigenvalue weighted by molar-refractivity contribution is 0.414. The van der Waals surface area contributed by atoms with Crippen molar-refractivity contribution in [1.29, 1.82) is 0 Å². The predicted octanol–water partition coefficient (Wildman–Crippen LogP) is 2.98. The van der Waals surface area contributed by atoms with Crippen molar-refractivity contribution in [3.8, 4) is 5.75 Å². The van der Waals surface area contributed by atoms with Crippen LogP contribution in [0.5, 0.6) is 5.75 Å². The number of methoxy groups -OCH3 is 1. The maximum absolute atomic E-state index is 6.14. The smallest absolute Gasteiger partial charge is 0.118 e. The van der Waals surface area contributed by atoms with Crippen molar-refractivity contribution in [1.82, 2.24) is 4.98 Å². The molecule has 2 aromatic rings. The summed E-state index contributed by atoms with van der Waals surface area (Å²) in [5.41, 5.74) is 8.26. The van der Waals surface area contributed by atoms with Crippen LogP contribution in [0.4, 0.5) is 0 Å². The highest BCUT2D eigenvalue weighted by molar-refractivity contribution is 5.85. The number of benzene rings is 1. The van der Waals surface area contributed by atoms with Gasteiger partial charge in [0.25, 0.3) is 0 Å². The molecule has 0 saturated heterocycles. The van der Waals surface area contributed by atoms with E-state index in [1.165, 1.54) is 0 Å². The third kappa shape index (κ3) is 3.88. The Balaban J connectivity index is 0.00000144. The summed E-state index contributed by atoms with van der Waals surface area (Å²) in [5.74, 6) is 0.839. The molecule has 1 atom stereocenters. The maximum Gasteiger partial charge on any atom is 0.118 e. The van der Waals surface area contributed by atoms with Gasteiger partial charge >= 0.3 is 0 Å². The Bertz CT molecular complexity index is 448. The summed E-state index contributed by atoms with van der Waals surface area (Å²) >= 11 is 0. The first-order chi connectivity index (χ1) is 7.81. The van der Waals surface area contributed by atoms with Crippen LogP contribution < -0.4 is 10.5 Å². The van der Waals surface area contributed by atoms with Gasteiger partial charge in [-0.25, -0.2) is 0 Å². The van der Waals surface area contributed by atoms with Crippen molar-refractivity contribution < 1.29 is 4.74 Å². The minimum Gasteiger partial charge on any atom is -0.497 e. The highest BCUT2D eigenvalue weighted by atomic mass is 35.5. The third-order valence-corrected chi connectivity index (χ3v) is 2.54. The fourth-order valence-corrected chi connectivity index (χ4v) is 1.57. The molecule has 0 spiro atoms. The second-order valence-electron chi connectivity index (χ2n) is 3.53. The molecule has 0 aliphatic carbocycles. The molecule has 1 heterocycles. The van der Waals surface area contributed by atoms with Gasteiger partial charge in [-0.2, -0.15) is 0 Å². The van der Waals surface area contributed by atoms with Crippen LogP contribution >= 0.6 is 24.8 Å². The van der Waals surface area contributed by atoms with Gasteiger partial charge in [0.15, 0.2) is 0 Å². The summed E-state index contributed by atoms with van der Waals surface area (Å²) in [6.45, 7) is 0. The zero-order chi connectivity index (χ0) is 11.4. The number of nitrogens with two attached hydrogens (primary N) is 1. The Morgan fingerprint density at radius 3 is 1.94 bits per heavy atom. The maximum atomic E-state index is 6.14. The number of hydrogen-bond acceptors (Lipinski definition) is 3. The molecule has 18 heavy (non-hydrogen) atoms. The Hall–Kier alpha value is -1.29. The Labute approximate surface area is 119 Å². The average molecular weight is 287 g/mol. The number of nitrogens with zero attached hydrogens (tertiary/aromatic N) is 1. The highest BCUT2D eigenvalue weighted by Gasteiger charge is 2.07. The number of aromatic nitrogens is 1. The molecular formula is C13H16Cl2N2O. The van der Waals surface area contributed by atoms with Crippen molar-refractivity contribution in [2.45, 2.75) is 6.04 Å². The molecule has 5 heteroatoms. The van der Waals surface area contributed by atoms with E-state index in [1.807, 2.05) is 36.4 Å². The molecule has 0 fully saturated rings. The van der Waals surface area contributed by atoms with Gasteiger partial charge in [0, 0.05) is 12.4 Å². The Kier molecular flexibility index (Phi) is 7.36. The van der Waals surface area contributed by atoms with Gasteiger partial charge in [-0.1, -0.05) is 12.1 Å². The number of ether oxygens (including phenoxy) is 1. The third-order valence-electron chi connectivity index (χ3n) is 2.54. The van der Waals surface area contributed by atoms with Gasteiger partial charge in [-0.05, 0) is 35.4 Å². The topological polar surface area (TPSA) is 48.1 Å². The standard InChI is InChI=1S/C13H14N2O.2ClH/c1-16-12-4-2-10(3-5-12)13(14)11-6-8-15-9-7-11;;/h2-9,13H,14H2,1H3;2*1H. The molecule has 2 rings (SSSR count). The second kappa shape index (κ2) is 7.93. The summed E-state index contributed by atoms with van der Waals surface area (Å²) < 4.78 is 5.10. The molecule has 0 bridgehead atoms. The van der Waals surface area contributed by atoms with E-state index in [1.54, 1.807) is 19.5 Å². The largest absolute Gasteiger partial charge is 0.497 e. The van der Waals surface area contributed by atoms with E-state index in [0.29, 0.717) is 0 Å². The number of hydrogen-bond donors (Lipinski definition) is 1. The monoisotopic (exact) mass is 286 g/mol. The minimum atomic E-state index is -0.117. The van der Waals surface area contributed by atoms with Crippen molar-refractivity contribution in [3.05, 3.63) is 59.9 Å². The first-order valence-electron chi connectivity index (χ1n) is 5.10. The van der Waals surface area contributed by atoms with Crippen molar-refractivity contribution in [3.63, 3.8) is 0 Å². The summed E-state index contributed by atoms with van der Waals surface area (Å²) in [5, 5.41) is 0. The zero-order valence-electron chi connectivity index (χ0n) is 9.95. The first kappa shape index (κ1) is 16.7. The molecule has 98 valence electrons. The molecule has 1 aromatic heterocycles. The lowest BCUT2D eigenvalue weighted by Gasteiger charge is -2.12. The van der Waals surface area contributed by atoms with E-state index in [0.717, 1.165) is 16.9 Å². The van der Waals surface area contributed by atoms with Crippen LogP contribution in [0, 0.1) is 0 Å². The molecule has 1 unspecified atom stereocenters. The summed E-state index contributed by atoms with van der Waals surface area (Å²) in [6, 6.07) is 11.5. The van der Waals surface area contributed by atoms with E-state index in [-0.39, 0.29) is 30.9 Å². The van der Waals surface area contributed by atoms with Crippen LogP contribution in [-0.2, 0) is 0 Å². The van der Waals surface area contributed by atoms with Crippen LogP contribution in [-0.4, -0.2) is 12.1 Å². The van der Waals surface area contributed by atoms with Gasteiger partial charge < -0.3 is 10.5 Å². The molecule has 0 aliphatic heterocycles. The van der Waals surface area contributed by atoms with Crippen LogP contribution in [0.1, 0.15) is 17.2 Å². The van der Waals surface area contributed by atoms with Gasteiger partial charge in [0.2, 0.25) is 0 Å². The molecule has 0 saturated carbocycles. The van der Waals surface area contributed by atoms with Gasteiger partial charge in [0.1, 0.15) is 5.75 Å². The van der Waals surface area contributed by atoms with Gasteiger partial charge in [0.05, 0.1) is 13.2 Å². The quantitative estimate of drug-likeness (QED) is 0.944. The van der Waals surface area contributed by atoms with Crippen molar-refractivity contribution in [2.24, 2.45) is 5.73 Å². The van der Waals surface area contributed by atoms with E-state index in [4.69, 9.17) is 10.5 Å².